The molecule has 0 aromatic heterocycles. The van der Waals surface area contributed by atoms with Crippen molar-refractivity contribution in [1.82, 2.24) is 0 Å². The van der Waals surface area contributed by atoms with Gasteiger partial charge in [-0.2, -0.15) is 0 Å². The second kappa shape index (κ2) is 7.41. The molecule has 0 saturated carbocycles. The van der Waals surface area contributed by atoms with Gasteiger partial charge < -0.3 is 0 Å². The zero-order valence-electron chi connectivity index (χ0n) is 10.3. The lowest BCUT2D eigenvalue weighted by molar-refractivity contribution is 0.249. The second-order valence-corrected chi connectivity index (χ2v) is 4.75. The first-order valence-electron chi connectivity index (χ1n) is 6.15. The van der Waals surface area contributed by atoms with Crippen molar-refractivity contribution in [1.29, 1.82) is 0 Å². The van der Waals surface area contributed by atoms with Crippen LogP contribution in [-0.4, -0.2) is 0 Å². The van der Waals surface area contributed by atoms with Crippen molar-refractivity contribution in [2.24, 2.45) is 17.8 Å². The molecule has 0 aromatic carbocycles. The van der Waals surface area contributed by atoms with E-state index in [-0.39, 0.29) is 0 Å². The average molecular weight is 184 g/mol. The van der Waals surface area contributed by atoms with Crippen molar-refractivity contribution in [2.75, 3.05) is 0 Å². The molecule has 0 aliphatic heterocycles. The predicted molar refractivity (Wildman–Crippen MR) is 61.9 cm³/mol. The molecule has 0 aromatic rings. The minimum Gasteiger partial charge on any atom is -0.0654 e. The molecule has 80 valence electrons. The van der Waals surface area contributed by atoms with Crippen molar-refractivity contribution in [3.63, 3.8) is 0 Å². The fraction of sp³-hybridized carbons (Fsp3) is 1.00. The highest BCUT2D eigenvalue weighted by molar-refractivity contribution is 4.69. The molecule has 13 heavy (non-hydrogen) atoms. The lowest BCUT2D eigenvalue weighted by Crippen LogP contribution is -2.15. The topological polar surface area (TPSA) is 0 Å². The third-order valence-electron chi connectivity index (χ3n) is 3.15. The van der Waals surface area contributed by atoms with E-state index in [1.165, 1.54) is 32.1 Å². The summed E-state index contributed by atoms with van der Waals surface area (Å²) < 4.78 is 0. The Kier molecular flexibility index (Phi) is 7.41. The van der Waals surface area contributed by atoms with Gasteiger partial charge in [-0.25, -0.2) is 0 Å². The minimum atomic E-state index is 0.872. The van der Waals surface area contributed by atoms with Gasteiger partial charge in [-0.05, 0) is 24.2 Å². The lowest BCUT2D eigenvalue weighted by Gasteiger charge is -2.26. The summed E-state index contributed by atoms with van der Waals surface area (Å²) in [6.45, 7) is 11.7. The summed E-state index contributed by atoms with van der Waals surface area (Å²) in [5, 5.41) is 0. The monoisotopic (exact) mass is 184 g/mol. The summed E-state index contributed by atoms with van der Waals surface area (Å²) in [6, 6.07) is 0. The molecule has 0 amide bonds. The summed E-state index contributed by atoms with van der Waals surface area (Å²) in [5.41, 5.74) is 0. The van der Waals surface area contributed by atoms with Gasteiger partial charge in [-0.1, -0.05) is 60.3 Å². The van der Waals surface area contributed by atoms with Crippen molar-refractivity contribution >= 4 is 0 Å². The SMILES string of the molecule is CCCC(CC(C)C)C(CC)CC. The van der Waals surface area contributed by atoms with E-state index < -0.39 is 0 Å². The molecular formula is C13H28. The maximum absolute atomic E-state index is 2.35. The van der Waals surface area contributed by atoms with E-state index in [0.717, 1.165) is 17.8 Å². The van der Waals surface area contributed by atoms with Gasteiger partial charge in [0, 0.05) is 0 Å². The van der Waals surface area contributed by atoms with Crippen LogP contribution in [0.15, 0.2) is 0 Å². The van der Waals surface area contributed by atoms with Crippen molar-refractivity contribution in [3.05, 3.63) is 0 Å². The summed E-state index contributed by atoms with van der Waals surface area (Å²) in [6.07, 6.45) is 6.96. The molecule has 0 radical (unpaired) electrons. The van der Waals surface area contributed by atoms with E-state index in [1.807, 2.05) is 0 Å². The van der Waals surface area contributed by atoms with Crippen LogP contribution in [0.5, 0.6) is 0 Å². The molecule has 1 atom stereocenters. The van der Waals surface area contributed by atoms with E-state index in [0.29, 0.717) is 0 Å². The maximum atomic E-state index is 2.35. The Balaban J connectivity index is 4.03. The summed E-state index contributed by atoms with van der Waals surface area (Å²) in [7, 11) is 0. The van der Waals surface area contributed by atoms with Crippen molar-refractivity contribution in [3.8, 4) is 0 Å². The Morgan fingerprint density at radius 3 is 1.69 bits per heavy atom. The van der Waals surface area contributed by atoms with Crippen LogP contribution < -0.4 is 0 Å². The molecular weight excluding hydrogens is 156 g/mol. The van der Waals surface area contributed by atoms with Gasteiger partial charge in [0.15, 0.2) is 0 Å². The molecule has 0 N–H and O–H groups in total. The number of hydrogen-bond acceptors (Lipinski definition) is 0. The standard InChI is InChI=1S/C13H28/c1-6-9-13(10-11(4)5)12(7-2)8-3/h11-13H,6-10H2,1-5H3. The third-order valence-corrected chi connectivity index (χ3v) is 3.15. The second-order valence-electron chi connectivity index (χ2n) is 4.75. The first-order valence-corrected chi connectivity index (χ1v) is 6.15. The molecule has 0 rings (SSSR count). The van der Waals surface area contributed by atoms with Gasteiger partial charge in [0.1, 0.15) is 0 Å². The van der Waals surface area contributed by atoms with Crippen LogP contribution >= 0.6 is 0 Å². The fourth-order valence-electron chi connectivity index (χ4n) is 2.48. The Labute approximate surface area is 85.1 Å². The third kappa shape index (κ3) is 5.33. The summed E-state index contributed by atoms with van der Waals surface area (Å²) in [5.74, 6) is 2.83. The van der Waals surface area contributed by atoms with Gasteiger partial charge in [0.2, 0.25) is 0 Å². The van der Waals surface area contributed by atoms with E-state index in [1.54, 1.807) is 0 Å². The normalized spacial score (nSPS) is 14.1. The Morgan fingerprint density at radius 1 is 0.846 bits per heavy atom. The van der Waals surface area contributed by atoms with E-state index in [4.69, 9.17) is 0 Å². The summed E-state index contributed by atoms with van der Waals surface area (Å²) >= 11 is 0. The molecule has 0 nitrogen and oxygen atoms in total. The molecule has 0 heterocycles. The van der Waals surface area contributed by atoms with Gasteiger partial charge in [0.05, 0.1) is 0 Å². The maximum Gasteiger partial charge on any atom is -0.0384 e. The molecule has 0 fully saturated rings. The zero-order valence-corrected chi connectivity index (χ0v) is 10.3. The van der Waals surface area contributed by atoms with Crippen LogP contribution in [0, 0.1) is 17.8 Å². The van der Waals surface area contributed by atoms with Crippen molar-refractivity contribution in [2.45, 2.75) is 66.7 Å². The highest BCUT2D eigenvalue weighted by Crippen LogP contribution is 2.29. The van der Waals surface area contributed by atoms with Gasteiger partial charge >= 0.3 is 0 Å². The zero-order chi connectivity index (χ0) is 10.3. The first-order chi connectivity index (χ1) is 6.15. The van der Waals surface area contributed by atoms with E-state index >= 15 is 0 Å². The van der Waals surface area contributed by atoms with Crippen LogP contribution in [0.3, 0.4) is 0 Å². The smallest absolute Gasteiger partial charge is 0.0384 e. The molecule has 0 aliphatic carbocycles. The molecule has 0 saturated heterocycles. The van der Waals surface area contributed by atoms with E-state index in [2.05, 4.69) is 34.6 Å². The van der Waals surface area contributed by atoms with Gasteiger partial charge in [-0.15, -0.1) is 0 Å². The van der Waals surface area contributed by atoms with Crippen molar-refractivity contribution < 1.29 is 0 Å². The molecule has 0 spiro atoms. The molecule has 0 aliphatic rings. The Hall–Kier alpha value is 0. The van der Waals surface area contributed by atoms with Gasteiger partial charge in [-0.3, -0.25) is 0 Å². The predicted octanol–water partition coefficient (Wildman–Crippen LogP) is 4.89. The average Bonchev–Trinajstić information content (AvgIpc) is 2.05. The fourth-order valence-corrected chi connectivity index (χ4v) is 2.48. The number of hydrogen-bond donors (Lipinski definition) is 0. The summed E-state index contributed by atoms with van der Waals surface area (Å²) in [4.78, 5) is 0. The quantitative estimate of drug-likeness (QED) is 0.528. The minimum absolute atomic E-state index is 0.872. The molecule has 1 unspecified atom stereocenters. The van der Waals surface area contributed by atoms with Crippen LogP contribution in [-0.2, 0) is 0 Å². The van der Waals surface area contributed by atoms with E-state index in [9.17, 15) is 0 Å². The van der Waals surface area contributed by atoms with Crippen LogP contribution in [0.4, 0.5) is 0 Å². The highest BCUT2D eigenvalue weighted by atomic mass is 14.2. The molecule has 0 bridgehead atoms. The first kappa shape index (κ1) is 13.0. The van der Waals surface area contributed by atoms with Crippen LogP contribution in [0.1, 0.15) is 66.7 Å². The largest absolute Gasteiger partial charge is 0.0654 e. The lowest BCUT2D eigenvalue weighted by atomic mass is 9.80. The Bertz CT molecular complexity index is 101. The van der Waals surface area contributed by atoms with Crippen LogP contribution in [0.2, 0.25) is 0 Å². The Morgan fingerprint density at radius 2 is 1.38 bits per heavy atom. The van der Waals surface area contributed by atoms with Crippen LogP contribution in [0.25, 0.3) is 0 Å². The van der Waals surface area contributed by atoms with Gasteiger partial charge in [0.25, 0.3) is 0 Å². The highest BCUT2D eigenvalue weighted by Gasteiger charge is 2.18. The number of rotatable bonds is 7. The molecule has 0 heteroatoms.